The third kappa shape index (κ3) is 3.96. The van der Waals surface area contributed by atoms with Gasteiger partial charge in [0.15, 0.2) is 0 Å². The maximum atomic E-state index is 12.9. The van der Waals surface area contributed by atoms with Gasteiger partial charge in [-0.1, -0.05) is 58.9 Å². The molecular weight excluding hydrogens is 348 g/mol. The van der Waals surface area contributed by atoms with E-state index in [1.54, 1.807) is 10.6 Å². The van der Waals surface area contributed by atoms with Gasteiger partial charge in [-0.05, 0) is 42.4 Å². The van der Waals surface area contributed by atoms with Crippen molar-refractivity contribution in [3.05, 3.63) is 58.0 Å². The quantitative estimate of drug-likeness (QED) is 0.639. The van der Waals surface area contributed by atoms with E-state index < -0.39 is 0 Å². The lowest BCUT2D eigenvalue weighted by Crippen LogP contribution is -2.26. The van der Waals surface area contributed by atoms with E-state index in [2.05, 4.69) is 51.7 Å². The van der Waals surface area contributed by atoms with E-state index in [0.717, 1.165) is 28.5 Å². The molecule has 0 atom stereocenters. The summed E-state index contributed by atoms with van der Waals surface area (Å²) < 4.78 is 1.74. The van der Waals surface area contributed by atoms with Crippen LogP contribution in [0.3, 0.4) is 0 Å². The molecule has 0 amide bonds. The van der Waals surface area contributed by atoms with Gasteiger partial charge in [-0.15, -0.1) is 0 Å². The molecule has 0 aliphatic heterocycles. The van der Waals surface area contributed by atoms with Crippen molar-refractivity contribution in [3.63, 3.8) is 0 Å². The Hall–Kier alpha value is -2.62. The molecule has 0 saturated heterocycles. The number of nitrogens with zero attached hydrogens (tertiary/aromatic N) is 2. The maximum Gasteiger partial charge on any atom is 0.348 e. The fraction of sp³-hybridized carbons (Fsp3) is 0.417. The Labute approximate surface area is 166 Å². The molecular formula is C24H30N2O2. The van der Waals surface area contributed by atoms with E-state index in [1.165, 1.54) is 5.56 Å². The van der Waals surface area contributed by atoms with Crippen LogP contribution in [-0.4, -0.2) is 14.7 Å². The number of hydrogen-bond donors (Lipinski definition) is 1. The van der Waals surface area contributed by atoms with Crippen LogP contribution in [0, 0.1) is 12.3 Å². The van der Waals surface area contributed by atoms with Gasteiger partial charge in [-0.25, -0.2) is 4.79 Å². The van der Waals surface area contributed by atoms with Crippen LogP contribution in [-0.2, 0) is 6.54 Å². The molecule has 1 heterocycles. The van der Waals surface area contributed by atoms with Gasteiger partial charge in [-0.2, -0.15) is 4.98 Å². The summed E-state index contributed by atoms with van der Waals surface area (Å²) in [5.74, 6) is 0.658. The third-order valence-electron chi connectivity index (χ3n) is 5.32. The van der Waals surface area contributed by atoms with Gasteiger partial charge in [0.1, 0.15) is 5.75 Å². The third-order valence-corrected chi connectivity index (χ3v) is 5.32. The zero-order chi connectivity index (χ0) is 20.6. The molecule has 3 aromatic rings. The molecule has 0 unspecified atom stereocenters. The minimum atomic E-state index is -0.246. The van der Waals surface area contributed by atoms with E-state index in [0.29, 0.717) is 18.2 Å². The lowest BCUT2D eigenvalue weighted by molar-refractivity contribution is 0.349. The highest BCUT2D eigenvalue weighted by molar-refractivity contribution is 5.96. The first kappa shape index (κ1) is 20.1. The zero-order valence-electron chi connectivity index (χ0n) is 17.7. The molecule has 0 radical (unpaired) electrons. The molecule has 0 bridgehead atoms. The van der Waals surface area contributed by atoms with E-state index >= 15 is 0 Å². The monoisotopic (exact) mass is 378 g/mol. The number of fused-ring (bicyclic) bond motifs is 1. The smallest absolute Gasteiger partial charge is 0.348 e. The summed E-state index contributed by atoms with van der Waals surface area (Å²) in [5, 5.41) is 11.1. The van der Waals surface area contributed by atoms with Crippen molar-refractivity contribution in [1.82, 2.24) is 9.55 Å². The first-order valence-corrected chi connectivity index (χ1v) is 9.92. The zero-order valence-corrected chi connectivity index (χ0v) is 17.7. The minimum absolute atomic E-state index is 0.114. The summed E-state index contributed by atoms with van der Waals surface area (Å²) in [7, 11) is 0. The molecule has 2 aromatic carbocycles. The van der Waals surface area contributed by atoms with Crippen molar-refractivity contribution in [3.8, 4) is 17.0 Å². The number of aryl methyl sites for hydroxylation is 2. The van der Waals surface area contributed by atoms with Crippen LogP contribution in [0.5, 0.6) is 5.75 Å². The molecule has 0 saturated carbocycles. The Morgan fingerprint density at radius 2 is 1.71 bits per heavy atom. The summed E-state index contributed by atoms with van der Waals surface area (Å²) in [6.07, 6.45) is 0.867. The predicted octanol–water partition coefficient (Wildman–Crippen LogP) is 5.64. The highest BCUT2D eigenvalue weighted by Crippen LogP contribution is 2.33. The second-order valence-electron chi connectivity index (χ2n) is 9.09. The van der Waals surface area contributed by atoms with Crippen LogP contribution in [0.25, 0.3) is 22.2 Å². The van der Waals surface area contributed by atoms with Crippen LogP contribution in [0.4, 0.5) is 0 Å². The highest BCUT2D eigenvalue weighted by Gasteiger charge is 2.18. The van der Waals surface area contributed by atoms with Gasteiger partial charge >= 0.3 is 5.69 Å². The molecule has 0 spiro atoms. The minimum Gasteiger partial charge on any atom is -0.508 e. The number of phenolic OH excluding ortho intramolecular Hbond substituents is 1. The van der Waals surface area contributed by atoms with E-state index in [1.807, 2.05) is 25.1 Å². The van der Waals surface area contributed by atoms with Crippen LogP contribution in [0.2, 0.25) is 0 Å². The van der Waals surface area contributed by atoms with Crippen molar-refractivity contribution in [1.29, 1.82) is 0 Å². The van der Waals surface area contributed by atoms with Crippen molar-refractivity contribution >= 4 is 10.9 Å². The summed E-state index contributed by atoms with van der Waals surface area (Å²) in [4.78, 5) is 17.3. The van der Waals surface area contributed by atoms with Gasteiger partial charge in [0.2, 0.25) is 0 Å². The summed E-state index contributed by atoms with van der Waals surface area (Å²) in [6.45, 7) is 13.3. The maximum absolute atomic E-state index is 12.9. The fourth-order valence-corrected chi connectivity index (χ4v) is 3.42. The Bertz CT molecular complexity index is 1060. The number of benzene rings is 2. The van der Waals surface area contributed by atoms with Gasteiger partial charge < -0.3 is 5.11 Å². The topological polar surface area (TPSA) is 55.1 Å². The van der Waals surface area contributed by atoms with Crippen LogP contribution in [0.1, 0.15) is 58.1 Å². The van der Waals surface area contributed by atoms with Gasteiger partial charge in [0, 0.05) is 23.1 Å². The van der Waals surface area contributed by atoms with Crippen molar-refractivity contribution < 1.29 is 5.11 Å². The molecule has 0 aliphatic carbocycles. The van der Waals surface area contributed by atoms with E-state index in [9.17, 15) is 9.90 Å². The average molecular weight is 379 g/mol. The number of phenols is 1. The molecule has 0 aliphatic rings. The number of aromatic hydroxyl groups is 1. The van der Waals surface area contributed by atoms with Crippen LogP contribution >= 0.6 is 0 Å². The number of rotatable bonds is 4. The molecule has 3 rings (SSSR count). The molecule has 1 aromatic heterocycles. The SMILES string of the molecule is Cc1c(O)ccc2c1c(-c1ccc(C(C)C)cc1)nc(=O)n2CCC(C)(C)C. The second-order valence-corrected chi connectivity index (χ2v) is 9.09. The van der Waals surface area contributed by atoms with Gasteiger partial charge in [0.25, 0.3) is 0 Å². The lowest BCUT2D eigenvalue weighted by atomic mass is 9.92. The van der Waals surface area contributed by atoms with Crippen molar-refractivity contribution in [2.24, 2.45) is 5.41 Å². The fourth-order valence-electron chi connectivity index (χ4n) is 3.42. The molecule has 4 nitrogen and oxygen atoms in total. The summed E-state index contributed by atoms with van der Waals surface area (Å²) in [5.41, 5.74) is 4.21. The molecule has 1 N–H and O–H groups in total. The Balaban J connectivity index is 2.24. The first-order chi connectivity index (χ1) is 13.1. The number of aromatic nitrogens is 2. The molecule has 28 heavy (non-hydrogen) atoms. The molecule has 4 heteroatoms. The van der Waals surface area contributed by atoms with Crippen LogP contribution < -0.4 is 5.69 Å². The second kappa shape index (κ2) is 7.42. The average Bonchev–Trinajstić information content (AvgIpc) is 2.62. The molecule has 148 valence electrons. The van der Waals surface area contributed by atoms with Crippen LogP contribution in [0.15, 0.2) is 41.2 Å². The Kier molecular flexibility index (Phi) is 5.33. The highest BCUT2D eigenvalue weighted by atomic mass is 16.3. The predicted molar refractivity (Wildman–Crippen MR) is 116 cm³/mol. The summed E-state index contributed by atoms with van der Waals surface area (Å²) >= 11 is 0. The van der Waals surface area contributed by atoms with E-state index in [-0.39, 0.29) is 16.9 Å². The Morgan fingerprint density at radius 3 is 2.29 bits per heavy atom. The van der Waals surface area contributed by atoms with Crippen molar-refractivity contribution in [2.45, 2.75) is 60.4 Å². The molecule has 0 fully saturated rings. The first-order valence-electron chi connectivity index (χ1n) is 9.92. The lowest BCUT2D eigenvalue weighted by Gasteiger charge is -2.20. The van der Waals surface area contributed by atoms with E-state index in [4.69, 9.17) is 0 Å². The standard InChI is InChI=1S/C24H30N2O2/c1-15(2)17-7-9-18(10-8-17)22-21-16(3)20(27)12-11-19(21)26(23(28)25-22)14-13-24(4,5)6/h7-12,15,27H,13-14H2,1-6H3. The normalized spacial score (nSPS) is 12.1. The van der Waals surface area contributed by atoms with Gasteiger partial charge in [0.05, 0.1) is 11.2 Å². The largest absolute Gasteiger partial charge is 0.508 e. The Morgan fingerprint density at radius 1 is 1.07 bits per heavy atom. The number of hydrogen-bond acceptors (Lipinski definition) is 3. The van der Waals surface area contributed by atoms with Gasteiger partial charge in [-0.3, -0.25) is 4.57 Å². The van der Waals surface area contributed by atoms with Crippen molar-refractivity contribution in [2.75, 3.05) is 0 Å². The summed E-state index contributed by atoms with van der Waals surface area (Å²) in [6, 6.07) is 11.7.